The Labute approximate surface area is 145 Å². The second kappa shape index (κ2) is 7.51. The quantitative estimate of drug-likeness (QED) is 0.553. The number of hydrogen-bond acceptors (Lipinski definition) is 2. The molecule has 0 saturated carbocycles. The van der Waals surface area contributed by atoms with Crippen LogP contribution in [-0.2, 0) is 6.18 Å². The maximum Gasteiger partial charge on any atom is 0.416 e. The zero-order valence-electron chi connectivity index (χ0n) is 11.5. The minimum atomic E-state index is -4.47. The van der Waals surface area contributed by atoms with Gasteiger partial charge in [0.25, 0.3) is 0 Å². The highest BCUT2D eigenvalue weighted by Crippen LogP contribution is 2.37. The van der Waals surface area contributed by atoms with Gasteiger partial charge in [0.05, 0.1) is 21.5 Å². The van der Waals surface area contributed by atoms with E-state index < -0.39 is 11.7 Å². The Kier molecular flexibility index (Phi) is 5.89. The van der Waals surface area contributed by atoms with Crippen LogP contribution in [0.15, 0.2) is 36.4 Å². The van der Waals surface area contributed by atoms with Crippen LogP contribution in [0.4, 0.5) is 13.2 Å². The van der Waals surface area contributed by atoms with Gasteiger partial charge >= 0.3 is 6.18 Å². The third-order valence-corrected chi connectivity index (χ3v) is 3.49. The van der Waals surface area contributed by atoms with Crippen molar-refractivity contribution in [1.82, 2.24) is 0 Å². The van der Waals surface area contributed by atoms with Gasteiger partial charge in [-0.1, -0.05) is 23.2 Å². The highest BCUT2D eigenvalue weighted by Gasteiger charge is 2.31. The molecule has 8 heteroatoms. The smallest absolute Gasteiger partial charge is 0.416 e. The minimum Gasteiger partial charge on any atom is -0.491 e. The molecule has 0 aliphatic rings. The van der Waals surface area contributed by atoms with Crippen LogP contribution in [0.3, 0.4) is 0 Å². The molecule has 2 aromatic carbocycles. The summed E-state index contributed by atoms with van der Waals surface area (Å²) in [4.78, 5) is 0. The van der Waals surface area contributed by atoms with Crippen LogP contribution in [-0.4, -0.2) is 12.5 Å². The standard InChI is InChI=1S/C15H10Cl3F3O2/c16-5-6-22-14-8-10(2-3-11(14)17)23-13-4-1-9(7-12(13)18)15(19,20)21/h1-4,7-8H,5-6H2. The largest absolute Gasteiger partial charge is 0.491 e. The molecule has 2 aromatic rings. The van der Waals surface area contributed by atoms with Gasteiger partial charge in [-0.2, -0.15) is 13.2 Å². The average molecular weight is 386 g/mol. The van der Waals surface area contributed by atoms with Gasteiger partial charge < -0.3 is 9.47 Å². The van der Waals surface area contributed by atoms with Crippen molar-refractivity contribution in [3.8, 4) is 17.2 Å². The van der Waals surface area contributed by atoms with E-state index in [1.165, 1.54) is 6.07 Å². The lowest BCUT2D eigenvalue weighted by Crippen LogP contribution is -2.04. The Hall–Kier alpha value is -1.30. The Morgan fingerprint density at radius 3 is 2.26 bits per heavy atom. The molecule has 0 atom stereocenters. The Balaban J connectivity index is 2.22. The second-order valence-corrected chi connectivity index (χ2v) is 5.57. The molecule has 0 unspecified atom stereocenters. The van der Waals surface area contributed by atoms with Crippen LogP contribution in [0.1, 0.15) is 5.56 Å². The number of benzene rings is 2. The predicted molar refractivity (Wildman–Crippen MR) is 84.2 cm³/mol. The molecule has 0 heterocycles. The first-order chi connectivity index (χ1) is 10.8. The Bertz CT molecular complexity index is 690. The van der Waals surface area contributed by atoms with Gasteiger partial charge in [0.15, 0.2) is 0 Å². The highest BCUT2D eigenvalue weighted by molar-refractivity contribution is 6.32. The van der Waals surface area contributed by atoms with Gasteiger partial charge in [-0.15, -0.1) is 11.6 Å². The first kappa shape index (κ1) is 18.0. The van der Waals surface area contributed by atoms with Crippen LogP contribution in [0, 0.1) is 0 Å². The zero-order chi connectivity index (χ0) is 17.0. The van der Waals surface area contributed by atoms with Gasteiger partial charge in [-0.25, -0.2) is 0 Å². The summed E-state index contributed by atoms with van der Waals surface area (Å²) in [5.41, 5.74) is -0.850. The van der Waals surface area contributed by atoms with Gasteiger partial charge in [0.1, 0.15) is 23.9 Å². The number of hydrogen-bond donors (Lipinski definition) is 0. The van der Waals surface area contributed by atoms with Crippen LogP contribution < -0.4 is 9.47 Å². The molecule has 0 amide bonds. The second-order valence-electron chi connectivity index (χ2n) is 4.37. The topological polar surface area (TPSA) is 18.5 Å². The fraction of sp³-hybridized carbons (Fsp3) is 0.200. The molecule has 2 rings (SSSR count). The van der Waals surface area contributed by atoms with E-state index in [0.29, 0.717) is 16.5 Å². The van der Waals surface area contributed by atoms with E-state index in [-0.39, 0.29) is 23.3 Å². The molecular formula is C15H10Cl3F3O2. The molecule has 23 heavy (non-hydrogen) atoms. The predicted octanol–water partition coefficient (Wildman–Crippen LogP) is 6.42. The lowest BCUT2D eigenvalue weighted by atomic mass is 10.2. The Morgan fingerprint density at radius 1 is 0.913 bits per heavy atom. The third kappa shape index (κ3) is 4.83. The molecular weight excluding hydrogens is 376 g/mol. The van der Waals surface area contributed by atoms with E-state index in [0.717, 1.165) is 18.2 Å². The summed E-state index contributed by atoms with van der Waals surface area (Å²) in [7, 11) is 0. The van der Waals surface area contributed by atoms with Crippen molar-refractivity contribution in [3.63, 3.8) is 0 Å². The molecule has 2 nitrogen and oxygen atoms in total. The normalized spacial score (nSPS) is 11.4. The van der Waals surface area contributed by atoms with E-state index in [4.69, 9.17) is 44.3 Å². The molecule has 0 aliphatic heterocycles. The van der Waals surface area contributed by atoms with Crippen molar-refractivity contribution >= 4 is 34.8 Å². The maximum absolute atomic E-state index is 12.6. The third-order valence-electron chi connectivity index (χ3n) is 2.72. The van der Waals surface area contributed by atoms with E-state index in [1.54, 1.807) is 12.1 Å². The van der Waals surface area contributed by atoms with Gasteiger partial charge in [0, 0.05) is 6.07 Å². The van der Waals surface area contributed by atoms with Crippen LogP contribution >= 0.6 is 34.8 Å². The summed E-state index contributed by atoms with van der Waals surface area (Å²) in [6.45, 7) is 0.256. The molecule has 124 valence electrons. The SMILES string of the molecule is FC(F)(F)c1ccc(Oc2ccc(Cl)c(OCCCl)c2)c(Cl)c1. The molecule has 0 bridgehead atoms. The van der Waals surface area contributed by atoms with Crippen molar-refractivity contribution in [2.75, 3.05) is 12.5 Å². The fourth-order valence-electron chi connectivity index (χ4n) is 1.69. The van der Waals surface area contributed by atoms with Crippen molar-refractivity contribution in [3.05, 3.63) is 52.0 Å². The molecule has 0 aliphatic carbocycles. The number of rotatable bonds is 5. The van der Waals surface area contributed by atoms with Gasteiger partial charge in [-0.05, 0) is 30.3 Å². The first-order valence-electron chi connectivity index (χ1n) is 6.34. The minimum absolute atomic E-state index is 0.0882. The molecule has 0 radical (unpaired) electrons. The van der Waals surface area contributed by atoms with Crippen LogP contribution in [0.5, 0.6) is 17.2 Å². The summed E-state index contributed by atoms with van der Waals surface area (Å²) in [5.74, 6) is 1.05. The number of halogens is 6. The molecule has 0 spiro atoms. The van der Waals surface area contributed by atoms with Crippen LogP contribution in [0.2, 0.25) is 10.0 Å². The fourth-order valence-corrected chi connectivity index (χ4v) is 2.16. The van der Waals surface area contributed by atoms with Crippen molar-refractivity contribution in [2.45, 2.75) is 6.18 Å². The zero-order valence-corrected chi connectivity index (χ0v) is 13.7. The molecule has 0 fully saturated rings. The average Bonchev–Trinajstić information content (AvgIpc) is 2.48. The summed E-state index contributed by atoms with van der Waals surface area (Å²) in [6, 6.07) is 7.43. The number of alkyl halides is 4. The van der Waals surface area contributed by atoms with Crippen LogP contribution in [0.25, 0.3) is 0 Å². The van der Waals surface area contributed by atoms with Gasteiger partial charge in [-0.3, -0.25) is 0 Å². The van der Waals surface area contributed by atoms with E-state index in [1.807, 2.05) is 0 Å². The van der Waals surface area contributed by atoms with Crippen molar-refractivity contribution < 1.29 is 22.6 Å². The first-order valence-corrected chi connectivity index (χ1v) is 7.63. The van der Waals surface area contributed by atoms with Gasteiger partial charge in [0.2, 0.25) is 0 Å². The summed E-state index contributed by atoms with van der Waals surface area (Å²) in [6.07, 6.45) is -4.47. The van der Waals surface area contributed by atoms with Crippen molar-refractivity contribution in [1.29, 1.82) is 0 Å². The molecule has 0 saturated heterocycles. The molecule has 0 aromatic heterocycles. The van der Waals surface area contributed by atoms with Crippen molar-refractivity contribution in [2.24, 2.45) is 0 Å². The summed E-state index contributed by atoms with van der Waals surface area (Å²) < 4.78 is 48.6. The van der Waals surface area contributed by atoms with E-state index in [9.17, 15) is 13.2 Å². The monoisotopic (exact) mass is 384 g/mol. The molecule has 0 N–H and O–H groups in total. The highest BCUT2D eigenvalue weighted by atomic mass is 35.5. The summed E-state index contributed by atoms with van der Waals surface area (Å²) >= 11 is 17.3. The Morgan fingerprint density at radius 2 is 1.65 bits per heavy atom. The lowest BCUT2D eigenvalue weighted by molar-refractivity contribution is -0.137. The maximum atomic E-state index is 12.6. The lowest BCUT2D eigenvalue weighted by Gasteiger charge is -2.12. The number of ether oxygens (including phenoxy) is 2. The van der Waals surface area contributed by atoms with E-state index >= 15 is 0 Å². The summed E-state index contributed by atoms with van der Waals surface area (Å²) in [5, 5.41) is 0.207. The van der Waals surface area contributed by atoms with E-state index in [2.05, 4.69) is 0 Å².